The number of nitrogens with one attached hydrogen (secondary N) is 1. The zero-order valence-electron chi connectivity index (χ0n) is 7.87. The van der Waals surface area contributed by atoms with Crippen LogP contribution >= 0.6 is 11.6 Å². The Morgan fingerprint density at radius 3 is 2.53 bits per heavy atom. The molecular formula is C9H9ClN2O3. The summed E-state index contributed by atoms with van der Waals surface area (Å²) in [6, 6.07) is 2.51. The Hall–Kier alpha value is -1.75. The van der Waals surface area contributed by atoms with Gasteiger partial charge in [-0.05, 0) is 12.1 Å². The summed E-state index contributed by atoms with van der Waals surface area (Å²) < 4.78 is 0. The number of rotatable bonds is 2. The molecule has 80 valence electrons. The van der Waals surface area contributed by atoms with Gasteiger partial charge in [0.1, 0.15) is 0 Å². The molecule has 0 fully saturated rings. The standard InChI is InChI=1S/C9H9ClN2O3/c1-4(13)12-8-3-6(10)5(9(14)15)2-7(8)11/h2-3H,11H2,1H3,(H,12,13)(H,14,15). The second-order valence-corrected chi connectivity index (χ2v) is 3.31. The zero-order valence-corrected chi connectivity index (χ0v) is 8.63. The van der Waals surface area contributed by atoms with Gasteiger partial charge in [0.2, 0.25) is 5.91 Å². The van der Waals surface area contributed by atoms with Crippen LogP contribution in [-0.4, -0.2) is 17.0 Å². The van der Waals surface area contributed by atoms with Gasteiger partial charge in [-0.2, -0.15) is 0 Å². The van der Waals surface area contributed by atoms with Crippen molar-refractivity contribution in [2.75, 3.05) is 11.1 Å². The van der Waals surface area contributed by atoms with Crippen LogP contribution < -0.4 is 11.1 Å². The van der Waals surface area contributed by atoms with Crippen molar-refractivity contribution in [1.29, 1.82) is 0 Å². The molecule has 1 aromatic rings. The van der Waals surface area contributed by atoms with E-state index in [2.05, 4.69) is 5.32 Å². The van der Waals surface area contributed by atoms with Gasteiger partial charge in [-0.15, -0.1) is 0 Å². The van der Waals surface area contributed by atoms with E-state index in [0.29, 0.717) is 5.69 Å². The number of hydrogen-bond acceptors (Lipinski definition) is 3. The van der Waals surface area contributed by atoms with Crippen LogP contribution in [-0.2, 0) is 4.79 Å². The molecule has 1 rings (SSSR count). The van der Waals surface area contributed by atoms with Gasteiger partial charge in [0.15, 0.2) is 0 Å². The molecular weight excluding hydrogens is 220 g/mol. The van der Waals surface area contributed by atoms with Gasteiger partial charge < -0.3 is 16.2 Å². The van der Waals surface area contributed by atoms with Gasteiger partial charge in [-0.25, -0.2) is 4.79 Å². The molecule has 15 heavy (non-hydrogen) atoms. The lowest BCUT2D eigenvalue weighted by Crippen LogP contribution is -2.09. The molecule has 0 unspecified atom stereocenters. The first-order valence-corrected chi connectivity index (χ1v) is 4.39. The summed E-state index contributed by atoms with van der Waals surface area (Å²) >= 11 is 5.69. The second-order valence-electron chi connectivity index (χ2n) is 2.91. The van der Waals surface area contributed by atoms with Crippen molar-refractivity contribution >= 4 is 34.9 Å². The molecule has 0 aromatic heterocycles. The Labute approximate surface area is 90.8 Å². The highest BCUT2D eigenvalue weighted by atomic mass is 35.5. The van der Waals surface area contributed by atoms with Gasteiger partial charge in [-0.3, -0.25) is 4.79 Å². The summed E-state index contributed by atoms with van der Waals surface area (Å²) in [6.07, 6.45) is 0. The smallest absolute Gasteiger partial charge is 0.337 e. The third-order valence-corrected chi connectivity index (χ3v) is 1.99. The van der Waals surface area contributed by atoms with Gasteiger partial charge >= 0.3 is 5.97 Å². The fraction of sp³-hybridized carbons (Fsp3) is 0.111. The van der Waals surface area contributed by atoms with Crippen LogP contribution in [0.2, 0.25) is 5.02 Å². The average Bonchev–Trinajstić information content (AvgIpc) is 2.09. The van der Waals surface area contributed by atoms with Crippen LogP contribution in [0, 0.1) is 0 Å². The number of carboxylic acids is 1. The Morgan fingerprint density at radius 1 is 1.47 bits per heavy atom. The third kappa shape index (κ3) is 2.60. The fourth-order valence-corrected chi connectivity index (χ4v) is 1.30. The normalized spacial score (nSPS) is 9.73. The first-order valence-electron chi connectivity index (χ1n) is 4.01. The van der Waals surface area contributed by atoms with E-state index in [1.54, 1.807) is 0 Å². The summed E-state index contributed by atoms with van der Waals surface area (Å²) in [5, 5.41) is 11.2. The third-order valence-electron chi connectivity index (χ3n) is 1.68. The van der Waals surface area contributed by atoms with Crippen molar-refractivity contribution in [3.63, 3.8) is 0 Å². The van der Waals surface area contributed by atoms with E-state index in [4.69, 9.17) is 22.4 Å². The van der Waals surface area contributed by atoms with Gasteiger partial charge in [-0.1, -0.05) is 11.6 Å². The Balaban J connectivity index is 3.19. The lowest BCUT2D eigenvalue weighted by atomic mass is 10.1. The Bertz CT molecular complexity index is 432. The van der Waals surface area contributed by atoms with E-state index >= 15 is 0 Å². The first-order chi connectivity index (χ1) is 6.91. The number of halogens is 1. The molecule has 0 heterocycles. The molecule has 1 aromatic carbocycles. The first kappa shape index (κ1) is 11.3. The Kier molecular flexibility index (Phi) is 3.16. The van der Waals surface area contributed by atoms with Crippen molar-refractivity contribution < 1.29 is 14.7 Å². The molecule has 0 aliphatic carbocycles. The predicted octanol–water partition coefficient (Wildman–Crippen LogP) is 1.58. The molecule has 0 bridgehead atoms. The number of benzene rings is 1. The monoisotopic (exact) mass is 228 g/mol. The van der Waals surface area contributed by atoms with Crippen molar-refractivity contribution in [1.82, 2.24) is 0 Å². The number of anilines is 2. The number of carbonyl (C=O) groups excluding carboxylic acids is 1. The summed E-state index contributed by atoms with van der Waals surface area (Å²) in [5.41, 5.74) is 5.91. The SMILES string of the molecule is CC(=O)Nc1cc(Cl)c(C(=O)O)cc1N. The largest absolute Gasteiger partial charge is 0.478 e. The van der Waals surface area contributed by atoms with Crippen molar-refractivity contribution in [2.45, 2.75) is 6.92 Å². The van der Waals surface area contributed by atoms with E-state index in [0.717, 1.165) is 0 Å². The fourth-order valence-electron chi connectivity index (χ4n) is 1.05. The van der Waals surface area contributed by atoms with Crippen LogP contribution in [0.1, 0.15) is 17.3 Å². The van der Waals surface area contributed by atoms with Crippen LogP contribution in [0.25, 0.3) is 0 Å². The van der Waals surface area contributed by atoms with Gasteiger partial charge in [0, 0.05) is 6.92 Å². The maximum atomic E-state index is 10.8. The van der Waals surface area contributed by atoms with E-state index in [9.17, 15) is 9.59 Å². The van der Waals surface area contributed by atoms with Crippen LogP contribution in [0.15, 0.2) is 12.1 Å². The predicted molar refractivity (Wildman–Crippen MR) is 57.1 cm³/mol. The second kappa shape index (κ2) is 4.18. The van der Waals surface area contributed by atoms with E-state index in [1.807, 2.05) is 0 Å². The maximum Gasteiger partial charge on any atom is 0.337 e. The molecule has 1 amide bonds. The van der Waals surface area contributed by atoms with Gasteiger partial charge in [0.05, 0.1) is 22.0 Å². The molecule has 0 saturated heterocycles. The van der Waals surface area contributed by atoms with Crippen LogP contribution in [0.4, 0.5) is 11.4 Å². The van der Waals surface area contributed by atoms with E-state index in [1.165, 1.54) is 19.1 Å². The highest BCUT2D eigenvalue weighted by Gasteiger charge is 2.12. The maximum absolute atomic E-state index is 10.8. The molecule has 0 aliphatic rings. The molecule has 0 aliphatic heterocycles. The number of amides is 1. The molecule has 6 heteroatoms. The van der Waals surface area contributed by atoms with Gasteiger partial charge in [0.25, 0.3) is 0 Å². The van der Waals surface area contributed by atoms with E-state index < -0.39 is 5.97 Å². The zero-order chi connectivity index (χ0) is 11.6. The molecule has 0 atom stereocenters. The summed E-state index contributed by atoms with van der Waals surface area (Å²) in [6.45, 7) is 1.32. The van der Waals surface area contributed by atoms with E-state index in [-0.39, 0.29) is 22.2 Å². The molecule has 5 nitrogen and oxygen atoms in total. The molecule has 0 spiro atoms. The average molecular weight is 229 g/mol. The van der Waals surface area contributed by atoms with Crippen molar-refractivity contribution in [2.24, 2.45) is 0 Å². The minimum Gasteiger partial charge on any atom is -0.478 e. The lowest BCUT2D eigenvalue weighted by molar-refractivity contribution is -0.114. The van der Waals surface area contributed by atoms with Crippen LogP contribution in [0.3, 0.4) is 0 Å². The van der Waals surface area contributed by atoms with Crippen molar-refractivity contribution in [3.05, 3.63) is 22.7 Å². The Morgan fingerprint density at radius 2 is 2.07 bits per heavy atom. The summed E-state index contributed by atoms with van der Waals surface area (Å²) in [5.74, 6) is -1.47. The number of carboxylic acid groups (broad SMARTS) is 1. The highest BCUT2D eigenvalue weighted by molar-refractivity contribution is 6.34. The minimum atomic E-state index is -1.17. The summed E-state index contributed by atoms with van der Waals surface area (Å²) in [7, 11) is 0. The highest BCUT2D eigenvalue weighted by Crippen LogP contribution is 2.27. The number of hydrogen-bond donors (Lipinski definition) is 3. The minimum absolute atomic E-state index is 0.0282. The lowest BCUT2D eigenvalue weighted by Gasteiger charge is -2.08. The number of nitrogens with two attached hydrogens (primary N) is 1. The summed E-state index contributed by atoms with van der Waals surface area (Å²) in [4.78, 5) is 21.4. The number of nitrogen functional groups attached to an aromatic ring is 1. The molecule has 4 N–H and O–H groups in total. The quantitative estimate of drug-likeness (QED) is 0.670. The molecule has 0 radical (unpaired) electrons. The van der Waals surface area contributed by atoms with Crippen LogP contribution in [0.5, 0.6) is 0 Å². The molecule has 0 saturated carbocycles. The topological polar surface area (TPSA) is 92.4 Å². The number of aromatic carboxylic acids is 1. The number of carbonyl (C=O) groups is 2. The van der Waals surface area contributed by atoms with Crippen molar-refractivity contribution in [3.8, 4) is 0 Å².